The van der Waals surface area contributed by atoms with E-state index in [2.05, 4.69) is 168 Å². The molecule has 0 aliphatic heterocycles. The molecule has 0 spiro atoms. The Labute approximate surface area is 520 Å². The number of pyridine rings is 6. The second-order valence-electron chi connectivity index (χ2n) is 22.1. The summed E-state index contributed by atoms with van der Waals surface area (Å²) in [6.45, 7) is 4.08. The molecule has 16 aromatic rings. The fraction of sp³-hybridized carbons (Fsp3) is 0.0250. The summed E-state index contributed by atoms with van der Waals surface area (Å²) >= 11 is 0. The first-order valence-corrected chi connectivity index (χ1v) is 29.9. The Morgan fingerprint density at radius 3 is 1.01 bits per heavy atom. The highest BCUT2D eigenvalue weighted by molar-refractivity contribution is 6.10. The van der Waals surface area contributed by atoms with Crippen LogP contribution in [0.4, 0.5) is 0 Å². The van der Waals surface area contributed by atoms with Crippen molar-refractivity contribution < 1.29 is 0 Å². The van der Waals surface area contributed by atoms with E-state index in [4.69, 9.17) is 39.9 Å². The number of hydrogen-bond donors (Lipinski definition) is 0. The van der Waals surface area contributed by atoms with Gasteiger partial charge in [-0.05, 0) is 96.8 Å². The van der Waals surface area contributed by atoms with Crippen molar-refractivity contribution in [2.45, 2.75) is 13.8 Å². The maximum atomic E-state index is 5.09. The van der Waals surface area contributed by atoms with Crippen LogP contribution in [0.15, 0.2) is 291 Å². The summed E-state index contributed by atoms with van der Waals surface area (Å²) in [6, 6.07) is 95.0. The molecule has 90 heavy (non-hydrogen) atoms. The van der Waals surface area contributed by atoms with Crippen molar-refractivity contribution in [3.05, 3.63) is 303 Å². The van der Waals surface area contributed by atoms with Gasteiger partial charge in [0, 0.05) is 78.7 Å². The van der Waals surface area contributed by atoms with E-state index in [0.717, 1.165) is 156 Å². The summed E-state index contributed by atoms with van der Waals surface area (Å²) in [6.07, 6.45) is 3.56. The molecule has 0 radical (unpaired) electrons. The first-order valence-electron chi connectivity index (χ1n) is 29.9. The predicted molar refractivity (Wildman–Crippen MR) is 365 cm³/mol. The molecular formula is C80H54N10. The van der Waals surface area contributed by atoms with Crippen molar-refractivity contribution in [1.82, 2.24) is 49.8 Å². The van der Waals surface area contributed by atoms with Gasteiger partial charge in [-0.1, -0.05) is 218 Å². The molecule has 0 saturated heterocycles. The van der Waals surface area contributed by atoms with E-state index >= 15 is 0 Å². The van der Waals surface area contributed by atoms with Gasteiger partial charge in [-0.15, -0.1) is 0 Å². The Hall–Kier alpha value is -12.1. The number of nitrogens with zero attached hydrogens (tertiary/aromatic N) is 10. The minimum Gasteiger partial charge on any atom is -0.255 e. The summed E-state index contributed by atoms with van der Waals surface area (Å²) in [4.78, 5) is 48.9. The van der Waals surface area contributed by atoms with E-state index in [1.54, 1.807) is 12.4 Å². The number of benzene rings is 8. The lowest BCUT2D eigenvalue weighted by Gasteiger charge is -2.12. The molecule has 424 valence electrons. The normalized spacial score (nSPS) is 11.2. The minimum atomic E-state index is 0.598. The summed E-state index contributed by atoms with van der Waals surface area (Å²) in [7, 11) is 0. The SMILES string of the molecule is Cc1cc(-c2ccc(-c3cc(-c4ccccc4)nc(-c4ccccn4)n3)cc2)c2ccc3ccc(-c4ccccc4)nc3c2n1.Cc1cc(-c2ccc(-c3nc(-c4ccccc4)cc(-c4ccccn4)n3)cc2)c2ccc3ccc(-c4ccccc4)nc3c2n1. The highest BCUT2D eigenvalue weighted by atomic mass is 14.9. The molecule has 0 N–H and O–H groups in total. The van der Waals surface area contributed by atoms with Crippen molar-refractivity contribution in [3.8, 4) is 113 Å². The van der Waals surface area contributed by atoms with Crippen molar-refractivity contribution >= 4 is 43.6 Å². The third-order valence-corrected chi connectivity index (χ3v) is 16.0. The lowest BCUT2D eigenvalue weighted by Crippen LogP contribution is -1.97. The summed E-state index contributed by atoms with van der Waals surface area (Å²) < 4.78 is 0. The van der Waals surface area contributed by atoms with Crippen molar-refractivity contribution in [2.24, 2.45) is 0 Å². The van der Waals surface area contributed by atoms with Crippen molar-refractivity contribution in [3.63, 3.8) is 0 Å². The van der Waals surface area contributed by atoms with Crippen LogP contribution in [0, 0.1) is 13.8 Å². The summed E-state index contributed by atoms with van der Waals surface area (Å²) in [5.41, 5.74) is 22.9. The first kappa shape index (κ1) is 54.5. The molecule has 16 rings (SSSR count). The Balaban J connectivity index is 0.000000150. The highest BCUT2D eigenvalue weighted by Gasteiger charge is 2.18. The van der Waals surface area contributed by atoms with Crippen LogP contribution in [0.1, 0.15) is 11.4 Å². The second-order valence-corrected chi connectivity index (χ2v) is 22.1. The number of aromatic nitrogens is 10. The fourth-order valence-electron chi connectivity index (χ4n) is 11.6. The van der Waals surface area contributed by atoms with Gasteiger partial charge in [-0.3, -0.25) is 19.9 Å². The molecule has 0 fully saturated rings. The molecule has 0 atom stereocenters. The van der Waals surface area contributed by atoms with Crippen LogP contribution >= 0.6 is 0 Å². The van der Waals surface area contributed by atoms with Gasteiger partial charge in [0.25, 0.3) is 0 Å². The average molecular weight is 1160 g/mol. The Kier molecular flexibility index (Phi) is 14.5. The zero-order valence-corrected chi connectivity index (χ0v) is 49.2. The minimum absolute atomic E-state index is 0.598. The zero-order valence-electron chi connectivity index (χ0n) is 49.2. The molecule has 0 aliphatic carbocycles. The number of hydrogen-bond acceptors (Lipinski definition) is 10. The smallest absolute Gasteiger partial charge is 0.179 e. The van der Waals surface area contributed by atoms with Crippen LogP contribution < -0.4 is 0 Å². The van der Waals surface area contributed by atoms with Crippen LogP contribution in [0.2, 0.25) is 0 Å². The Morgan fingerprint density at radius 1 is 0.211 bits per heavy atom. The first-order chi connectivity index (χ1) is 44.4. The molecule has 0 saturated carbocycles. The van der Waals surface area contributed by atoms with E-state index in [-0.39, 0.29) is 0 Å². The zero-order chi connectivity index (χ0) is 60.3. The quantitative estimate of drug-likeness (QED) is 0.122. The third kappa shape index (κ3) is 11.1. The van der Waals surface area contributed by atoms with E-state index in [1.807, 2.05) is 135 Å². The van der Waals surface area contributed by atoms with Gasteiger partial charge in [0.15, 0.2) is 11.6 Å². The van der Waals surface area contributed by atoms with Gasteiger partial charge in [0.2, 0.25) is 0 Å². The highest BCUT2D eigenvalue weighted by Crippen LogP contribution is 2.38. The molecule has 10 heteroatoms. The number of rotatable bonds is 10. The molecule has 0 unspecified atom stereocenters. The topological polar surface area (TPSA) is 129 Å². The van der Waals surface area contributed by atoms with Crippen LogP contribution in [0.5, 0.6) is 0 Å². The van der Waals surface area contributed by atoms with E-state index in [1.165, 1.54) is 0 Å². The average Bonchev–Trinajstić information content (AvgIpc) is 0.971. The van der Waals surface area contributed by atoms with Crippen molar-refractivity contribution in [1.29, 1.82) is 0 Å². The van der Waals surface area contributed by atoms with Gasteiger partial charge in [0.05, 0.1) is 61.9 Å². The van der Waals surface area contributed by atoms with Gasteiger partial charge in [-0.25, -0.2) is 29.9 Å². The summed E-state index contributed by atoms with van der Waals surface area (Å²) in [5.74, 6) is 1.25. The van der Waals surface area contributed by atoms with Gasteiger partial charge >= 0.3 is 0 Å². The molecule has 8 heterocycles. The lowest BCUT2D eigenvalue weighted by molar-refractivity contribution is 1.15. The second kappa shape index (κ2) is 24.0. The molecule has 0 aliphatic rings. The number of fused-ring (bicyclic) bond motifs is 6. The Morgan fingerprint density at radius 2 is 0.567 bits per heavy atom. The summed E-state index contributed by atoms with van der Waals surface area (Å²) in [5, 5.41) is 4.28. The van der Waals surface area contributed by atoms with E-state index < -0.39 is 0 Å². The predicted octanol–water partition coefficient (Wildman–Crippen LogP) is 19.2. The maximum Gasteiger partial charge on any atom is 0.179 e. The van der Waals surface area contributed by atoms with Crippen molar-refractivity contribution in [2.75, 3.05) is 0 Å². The van der Waals surface area contributed by atoms with Crippen LogP contribution in [-0.4, -0.2) is 49.8 Å². The van der Waals surface area contributed by atoms with Crippen LogP contribution in [0.3, 0.4) is 0 Å². The molecule has 10 nitrogen and oxygen atoms in total. The number of aryl methyl sites for hydroxylation is 2. The standard InChI is InChI=1S/2C40H27N5/c1-26-24-33(32-21-19-30-20-22-34(28-10-4-2-5-11-28)43-38(30)39(32)42-26)27-15-17-31(18-16-27)40-44-36(29-12-6-3-7-13-29)25-37(45-40)35-14-8-9-23-41-35;1-26-24-33(32-21-19-31-20-22-34(28-10-4-2-5-11-28)43-38(31)39(32)42-26)27-15-17-30(18-16-27)37-25-36(29-12-6-3-7-13-29)44-40(45-37)35-14-8-9-23-41-35/h2*2-25H,1H3. The third-order valence-electron chi connectivity index (χ3n) is 16.0. The van der Waals surface area contributed by atoms with Crippen LogP contribution in [0.25, 0.3) is 156 Å². The molecule has 8 aromatic carbocycles. The fourth-order valence-corrected chi connectivity index (χ4v) is 11.6. The largest absolute Gasteiger partial charge is 0.255 e. The molecular weight excluding hydrogens is 1100 g/mol. The lowest BCUT2D eigenvalue weighted by atomic mass is 9.97. The monoisotopic (exact) mass is 1150 g/mol. The molecule has 0 bridgehead atoms. The van der Waals surface area contributed by atoms with Gasteiger partial charge < -0.3 is 0 Å². The van der Waals surface area contributed by atoms with Gasteiger partial charge in [-0.2, -0.15) is 0 Å². The maximum absolute atomic E-state index is 5.09. The molecule has 8 aromatic heterocycles. The van der Waals surface area contributed by atoms with Crippen LogP contribution in [-0.2, 0) is 0 Å². The van der Waals surface area contributed by atoms with E-state index in [0.29, 0.717) is 11.6 Å². The van der Waals surface area contributed by atoms with E-state index in [9.17, 15) is 0 Å². The van der Waals surface area contributed by atoms with Gasteiger partial charge in [0.1, 0.15) is 5.69 Å². The molecule has 0 amide bonds. The Bertz CT molecular complexity index is 4820.